The molecule has 2 aromatic carbocycles. The van der Waals surface area contributed by atoms with E-state index in [0.717, 1.165) is 16.0 Å². The van der Waals surface area contributed by atoms with Gasteiger partial charge in [0.2, 0.25) is 0 Å². The predicted octanol–water partition coefficient (Wildman–Crippen LogP) is 3.85. The summed E-state index contributed by atoms with van der Waals surface area (Å²) in [5, 5.41) is 0.528. The summed E-state index contributed by atoms with van der Waals surface area (Å²) in [6, 6.07) is 11.3. The van der Waals surface area contributed by atoms with E-state index in [1.165, 1.54) is 5.56 Å². The van der Waals surface area contributed by atoms with Gasteiger partial charge in [-0.3, -0.25) is 4.21 Å². The highest BCUT2D eigenvalue weighted by Gasteiger charge is 2.07. The first-order valence-corrected chi connectivity index (χ1v) is 7.66. The van der Waals surface area contributed by atoms with Crippen LogP contribution in [0.15, 0.2) is 41.3 Å². The van der Waals surface area contributed by atoms with E-state index in [1.54, 1.807) is 12.1 Å². The lowest BCUT2D eigenvalue weighted by atomic mass is 10.1. The van der Waals surface area contributed by atoms with Gasteiger partial charge < -0.3 is 5.73 Å². The van der Waals surface area contributed by atoms with Gasteiger partial charge in [0, 0.05) is 4.90 Å². The SMILES string of the molecule is Cc1ccc(S(=O)Cc2ccc(Cl)c(N)c2)cc1C. The van der Waals surface area contributed by atoms with Crippen molar-refractivity contribution in [1.29, 1.82) is 0 Å². The largest absolute Gasteiger partial charge is 0.398 e. The van der Waals surface area contributed by atoms with Gasteiger partial charge in [-0.2, -0.15) is 0 Å². The summed E-state index contributed by atoms with van der Waals surface area (Å²) < 4.78 is 12.3. The topological polar surface area (TPSA) is 43.1 Å². The third kappa shape index (κ3) is 3.37. The van der Waals surface area contributed by atoms with Crippen molar-refractivity contribution in [2.24, 2.45) is 0 Å². The Balaban J connectivity index is 2.20. The molecule has 2 nitrogen and oxygen atoms in total. The number of benzene rings is 2. The Kier molecular flexibility index (Phi) is 4.27. The van der Waals surface area contributed by atoms with E-state index in [9.17, 15) is 4.21 Å². The molecule has 0 aliphatic heterocycles. The number of hydrogen-bond donors (Lipinski definition) is 1. The van der Waals surface area contributed by atoms with Crippen LogP contribution in [0.5, 0.6) is 0 Å². The van der Waals surface area contributed by atoms with Gasteiger partial charge in [-0.15, -0.1) is 0 Å². The van der Waals surface area contributed by atoms with E-state index >= 15 is 0 Å². The van der Waals surface area contributed by atoms with Crippen LogP contribution in [0.3, 0.4) is 0 Å². The molecule has 0 spiro atoms. The molecule has 0 aromatic heterocycles. The molecule has 2 aromatic rings. The highest BCUT2D eigenvalue weighted by molar-refractivity contribution is 7.84. The first kappa shape index (κ1) is 14.1. The number of anilines is 1. The molecule has 0 aliphatic carbocycles. The summed E-state index contributed by atoms with van der Waals surface area (Å²) in [4.78, 5) is 0.844. The lowest BCUT2D eigenvalue weighted by Crippen LogP contribution is -1.99. The van der Waals surface area contributed by atoms with Crippen LogP contribution in [0.4, 0.5) is 5.69 Å². The molecule has 0 saturated carbocycles. The number of halogens is 1. The summed E-state index contributed by atoms with van der Waals surface area (Å²) in [7, 11) is -1.07. The van der Waals surface area contributed by atoms with E-state index in [-0.39, 0.29) is 0 Å². The molecule has 4 heteroatoms. The molecule has 1 unspecified atom stereocenters. The molecule has 2 rings (SSSR count). The van der Waals surface area contributed by atoms with E-state index in [4.69, 9.17) is 17.3 Å². The highest BCUT2D eigenvalue weighted by Crippen LogP contribution is 2.22. The quantitative estimate of drug-likeness (QED) is 0.874. The maximum absolute atomic E-state index is 12.3. The zero-order valence-electron chi connectivity index (χ0n) is 10.9. The van der Waals surface area contributed by atoms with Crippen LogP contribution in [0.2, 0.25) is 5.02 Å². The Morgan fingerprint density at radius 1 is 1.11 bits per heavy atom. The van der Waals surface area contributed by atoms with E-state index in [0.29, 0.717) is 16.5 Å². The summed E-state index contributed by atoms with van der Waals surface area (Å²) in [5.74, 6) is 0.448. The van der Waals surface area contributed by atoms with Crippen molar-refractivity contribution < 1.29 is 4.21 Å². The Hall–Kier alpha value is -1.32. The first-order valence-electron chi connectivity index (χ1n) is 5.97. The molecule has 0 radical (unpaired) electrons. The average Bonchev–Trinajstić information content (AvgIpc) is 2.37. The summed E-state index contributed by atoms with van der Waals surface area (Å²) in [5.41, 5.74) is 9.56. The molecular weight excluding hydrogens is 278 g/mol. The van der Waals surface area contributed by atoms with Gasteiger partial charge in [-0.1, -0.05) is 23.7 Å². The number of nitrogen functional groups attached to an aromatic ring is 1. The third-order valence-corrected chi connectivity index (χ3v) is 4.82. The van der Waals surface area contributed by atoms with Crippen LogP contribution in [-0.2, 0) is 16.6 Å². The van der Waals surface area contributed by atoms with Gasteiger partial charge in [-0.25, -0.2) is 0 Å². The van der Waals surface area contributed by atoms with Crippen molar-refractivity contribution in [2.45, 2.75) is 24.5 Å². The van der Waals surface area contributed by atoms with Gasteiger partial charge in [-0.05, 0) is 54.8 Å². The molecule has 0 bridgehead atoms. The normalized spacial score (nSPS) is 12.4. The molecule has 19 heavy (non-hydrogen) atoms. The molecule has 2 N–H and O–H groups in total. The Morgan fingerprint density at radius 3 is 2.47 bits per heavy atom. The zero-order valence-corrected chi connectivity index (χ0v) is 12.5. The lowest BCUT2D eigenvalue weighted by molar-refractivity contribution is 0.682. The van der Waals surface area contributed by atoms with E-state index < -0.39 is 10.8 Å². The minimum atomic E-state index is -1.07. The number of nitrogens with two attached hydrogens (primary N) is 1. The van der Waals surface area contributed by atoms with Crippen molar-refractivity contribution >= 4 is 28.1 Å². The molecule has 0 heterocycles. The average molecular weight is 294 g/mol. The van der Waals surface area contributed by atoms with Gasteiger partial charge in [0.25, 0.3) is 0 Å². The molecule has 100 valence electrons. The zero-order chi connectivity index (χ0) is 14.0. The fourth-order valence-corrected chi connectivity index (χ4v) is 3.07. The van der Waals surface area contributed by atoms with Crippen LogP contribution in [-0.4, -0.2) is 4.21 Å². The summed E-state index contributed by atoms with van der Waals surface area (Å²) in [6.45, 7) is 4.07. The van der Waals surface area contributed by atoms with Crippen LogP contribution in [0, 0.1) is 13.8 Å². The Labute approximate surface area is 121 Å². The second-order valence-electron chi connectivity index (χ2n) is 4.59. The second-order valence-corrected chi connectivity index (χ2v) is 6.45. The number of hydrogen-bond acceptors (Lipinski definition) is 2. The van der Waals surface area contributed by atoms with Crippen molar-refractivity contribution in [1.82, 2.24) is 0 Å². The van der Waals surface area contributed by atoms with Gasteiger partial charge in [0.15, 0.2) is 0 Å². The molecule has 0 amide bonds. The highest BCUT2D eigenvalue weighted by atomic mass is 35.5. The van der Waals surface area contributed by atoms with Gasteiger partial charge in [0.1, 0.15) is 0 Å². The van der Waals surface area contributed by atoms with Crippen molar-refractivity contribution in [3.8, 4) is 0 Å². The van der Waals surface area contributed by atoms with E-state index in [1.807, 2.05) is 38.1 Å². The molecule has 1 atom stereocenters. The van der Waals surface area contributed by atoms with Crippen molar-refractivity contribution in [2.75, 3.05) is 5.73 Å². The maximum Gasteiger partial charge on any atom is 0.0635 e. The minimum Gasteiger partial charge on any atom is -0.398 e. The monoisotopic (exact) mass is 293 g/mol. The van der Waals surface area contributed by atoms with Crippen molar-refractivity contribution in [3.63, 3.8) is 0 Å². The first-order chi connectivity index (χ1) is 8.97. The summed E-state index contributed by atoms with van der Waals surface area (Å²) >= 11 is 5.87. The number of aryl methyl sites for hydroxylation is 2. The number of rotatable bonds is 3. The molecular formula is C15H16ClNOS. The molecule has 0 saturated heterocycles. The van der Waals surface area contributed by atoms with Crippen LogP contribution < -0.4 is 5.73 Å². The predicted molar refractivity (Wildman–Crippen MR) is 81.9 cm³/mol. The fourth-order valence-electron chi connectivity index (χ4n) is 1.77. The minimum absolute atomic E-state index is 0.448. The van der Waals surface area contributed by atoms with Gasteiger partial charge >= 0.3 is 0 Å². The standard InChI is InChI=1S/C15H16ClNOS/c1-10-3-5-13(7-11(10)2)19(18)9-12-4-6-14(16)15(17)8-12/h3-8H,9,17H2,1-2H3. The Bertz CT molecular complexity index is 640. The van der Waals surface area contributed by atoms with E-state index in [2.05, 4.69) is 0 Å². The van der Waals surface area contributed by atoms with Crippen LogP contribution in [0.25, 0.3) is 0 Å². The van der Waals surface area contributed by atoms with Crippen LogP contribution >= 0.6 is 11.6 Å². The third-order valence-electron chi connectivity index (χ3n) is 3.10. The Morgan fingerprint density at radius 2 is 1.84 bits per heavy atom. The second kappa shape index (κ2) is 5.76. The fraction of sp³-hybridized carbons (Fsp3) is 0.200. The van der Waals surface area contributed by atoms with Crippen molar-refractivity contribution in [3.05, 3.63) is 58.1 Å². The van der Waals surface area contributed by atoms with Crippen LogP contribution in [0.1, 0.15) is 16.7 Å². The maximum atomic E-state index is 12.3. The molecule has 0 fully saturated rings. The molecule has 0 aliphatic rings. The smallest absolute Gasteiger partial charge is 0.0635 e. The summed E-state index contributed by atoms with van der Waals surface area (Å²) in [6.07, 6.45) is 0. The van der Waals surface area contributed by atoms with Gasteiger partial charge in [0.05, 0.1) is 27.3 Å². The lowest BCUT2D eigenvalue weighted by Gasteiger charge is -2.07.